The first-order valence-electron chi connectivity index (χ1n) is 5.58. The smallest absolute Gasteiger partial charge is 0.146 e. The van der Waals surface area contributed by atoms with Gasteiger partial charge < -0.3 is 4.90 Å². The van der Waals surface area contributed by atoms with Crippen LogP contribution >= 0.6 is 0 Å². The van der Waals surface area contributed by atoms with Gasteiger partial charge in [0, 0.05) is 26.2 Å². The summed E-state index contributed by atoms with van der Waals surface area (Å²) >= 11 is 0. The Kier molecular flexibility index (Phi) is 4.55. The van der Waals surface area contributed by atoms with Crippen LogP contribution in [0.2, 0.25) is 0 Å². The van der Waals surface area contributed by atoms with E-state index >= 15 is 0 Å². The number of hydrogen-bond donors (Lipinski definition) is 0. The first-order valence-corrected chi connectivity index (χ1v) is 5.58. The normalized spacial score (nSPS) is 22.2. The average Bonchev–Trinajstić information content (AvgIpc) is 2.15. The molecule has 0 aromatic carbocycles. The molecular formula is C11H22N2O. The molecule has 0 radical (unpaired) electrons. The van der Waals surface area contributed by atoms with E-state index in [9.17, 15) is 4.79 Å². The summed E-state index contributed by atoms with van der Waals surface area (Å²) in [6.45, 7) is 8.13. The molecule has 0 bridgehead atoms. The average molecular weight is 198 g/mol. The van der Waals surface area contributed by atoms with Crippen LogP contribution in [-0.2, 0) is 4.79 Å². The first kappa shape index (κ1) is 11.7. The number of rotatable bonds is 4. The SMILES string of the molecule is CCCC(C(C)=O)N1CCN(C)CC1. The lowest BCUT2D eigenvalue weighted by Crippen LogP contribution is -2.51. The highest BCUT2D eigenvalue weighted by Crippen LogP contribution is 2.11. The topological polar surface area (TPSA) is 23.6 Å². The van der Waals surface area contributed by atoms with Crippen LogP contribution < -0.4 is 0 Å². The zero-order valence-corrected chi connectivity index (χ0v) is 9.62. The maximum absolute atomic E-state index is 11.5. The van der Waals surface area contributed by atoms with E-state index < -0.39 is 0 Å². The number of ketones is 1. The monoisotopic (exact) mass is 198 g/mol. The summed E-state index contributed by atoms with van der Waals surface area (Å²) in [6.07, 6.45) is 2.11. The van der Waals surface area contributed by atoms with Gasteiger partial charge in [0.25, 0.3) is 0 Å². The molecule has 3 heteroatoms. The van der Waals surface area contributed by atoms with Crippen molar-refractivity contribution >= 4 is 5.78 Å². The summed E-state index contributed by atoms with van der Waals surface area (Å²) < 4.78 is 0. The summed E-state index contributed by atoms with van der Waals surface area (Å²) in [5, 5.41) is 0. The molecule has 0 aromatic rings. The van der Waals surface area contributed by atoms with Crippen LogP contribution in [0.25, 0.3) is 0 Å². The van der Waals surface area contributed by atoms with E-state index in [-0.39, 0.29) is 6.04 Å². The predicted octanol–water partition coefficient (Wildman–Crippen LogP) is 0.991. The second kappa shape index (κ2) is 5.47. The van der Waals surface area contributed by atoms with Gasteiger partial charge in [-0.1, -0.05) is 13.3 Å². The Morgan fingerprint density at radius 1 is 1.29 bits per heavy atom. The van der Waals surface area contributed by atoms with Crippen LogP contribution in [0.15, 0.2) is 0 Å². The quantitative estimate of drug-likeness (QED) is 0.673. The number of carbonyl (C=O) groups is 1. The number of likely N-dealkylation sites (N-methyl/N-ethyl adjacent to an activating group) is 1. The molecule has 0 saturated carbocycles. The van der Waals surface area contributed by atoms with Gasteiger partial charge in [-0.25, -0.2) is 0 Å². The molecule has 14 heavy (non-hydrogen) atoms. The van der Waals surface area contributed by atoms with Crippen LogP contribution in [0.5, 0.6) is 0 Å². The fraction of sp³-hybridized carbons (Fsp3) is 0.909. The molecule has 1 aliphatic rings. The minimum atomic E-state index is 0.175. The lowest BCUT2D eigenvalue weighted by molar-refractivity contribution is -0.123. The molecule has 1 unspecified atom stereocenters. The van der Waals surface area contributed by atoms with E-state index in [1.807, 2.05) is 0 Å². The molecule has 1 fully saturated rings. The van der Waals surface area contributed by atoms with Crippen LogP contribution in [0.4, 0.5) is 0 Å². The lowest BCUT2D eigenvalue weighted by atomic mass is 10.1. The Bertz CT molecular complexity index is 186. The summed E-state index contributed by atoms with van der Waals surface area (Å²) in [5.74, 6) is 0.330. The third kappa shape index (κ3) is 3.07. The number of hydrogen-bond acceptors (Lipinski definition) is 3. The molecule has 0 aromatic heterocycles. The van der Waals surface area contributed by atoms with Gasteiger partial charge in [-0.3, -0.25) is 9.69 Å². The van der Waals surface area contributed by atoms with E-state index in [4.69, 9.17) is 0 Å². The van der Waals surface area contributed by atoms with Gasteiger partial charge in [-0.05, 0) is 20.4 Å². The number of nitrogens with zero attached hydrogens (tertiary/aromatic N) is 2. The van der Waals surface area contributed by atoms with Crippen molar-refractivity contribution in [2.45, 2.75) is 32.7 Å². The highest BCUT2D eigenvalue weighted by molar-refractivity contribution is 5.81. The van der Waals surface area contributed by atoms with E-state index in [1.54, 1.807) is 6.92 Å². The fourth-order valence-electron chi connectivity index (χ4n) is 2.05. The largest absolute Gasteiger partial charge is 0.304 e. The maximum atomic E-state index is 11.5. The molecule has 0 spiro atoms. The lowest BCUT2D eigenvalue weighted by Gasteiger charge is -2.36. The van der Waals surface area contributed by atoms with Crippen molar-refractivity contribution in [3.8, 4) is 0 Å². The van der Waals surface area contributed by atoms with E-state index in [0.717, 1.165) is 39.0 Å². The van der Waals surface area contributed by atoms with Crippen LogP contribution in [-0.4, -0.2) is 54.9 Å². The van der Waals surface area contributed by atoms with Gasteiger partial charge in [0.1, 0.15) is 5.78 Å². The third-order valence-corrected chi connectivity index (χ3v) is 3.01. The second-order valence-electron chi connectivity index (χ2n) is 4.25. The molecule has 1 saturated heterocycles. The molecule has 0 amide bonds. The van der Waals surface area contributed by atoms with Crippen molar-refractivity contribution in [3.63, 3.8) is 0 Å². The van der Waals surface area contributed by atoms with E-state index in [0.29, 0.717) is 5.78 Å². The number of carbonyl (C=O) groups excluding carboxylic acids is 1. The van der Waals surface area contributed by atoms with Gasteiger partial charge in [0.2, 0.25) is 0 Å². The fourth-order valence-corrected chi connectivity index (χ4v) is 2.05. The first-order chi connectivity index (χ1) is 6.65. The molecule has 1 heterocycles. The van der Waals surface area contributed by atoms with E-state index in [1.165, 1.54) is 0 Å². The van der Waals surface area contributed by atoms with Gasteiger partial charge in [-0.2, -0.15) is 0 Å². The van der Waals surface area contributed by atoms with Crippen LogP contribution in [0.3, 0.4) is 0 Å². The summed E-state index contributed by atoms with van der Waals surface area (Å²) in [5.41, 5.74) is 0. The van der Waals surface area contributed by atoms with Gasteiger partial charge >= 0.3 is 0 Å². The number of Topliss-reactive ketones (excluding diaryl/α,β-unsaturated/α-hetero) is 1. The van der Waals surface area contributed by atoms with Crippen LogP contribution in [0, 0.1) is 0 Å². The van der Waals surface area contributed by atoms with E-state index in [2.05, 4.69) is 23.8 Å². The minimum Gasteiger partial charge on any atom is -0.304 e. The maximum Gasteiger partial charge on any atom is 0.146 e. The van der Waals surface area contributed by atoms with Crippen molar-refractivity contribution in [2.75, 3.05) is 33.2 Å². The summed E-state index contributed by atoms with van der Waals surface area (Å²) in [7, 11) is 2.14. The summed E-state index contributed by atoms with van der Waals surface area (Å²) in [6, 6.07) is 0.175. The summed E-state index contributed by atoms with van der Waals surface area (Å²) in [4.78, 5) is 16.1. The van der Waals surface area contributed by atoms with Crippen molar-refractivity contribution in [2.24, 2.45) is 0 Å². The second-order valence-corrected chi connectivity index (χ2v) is 4.25. The van der Waals surface area contributed by atoms with Crippen molar-refractivity contribution in [1.29, 1.82) is 0 Å². The molecule has 0 aliphatic carbocycles. The van der Waals surface area contributed by atoms with Crippen molar-refractivity contribution in [1.82, 2.24) is 9.80 Å². The van der Waals surface area contributed by atoms with Gasteiger partial charge in [0.15, 0.2) is 0 Å². The molecule has 3 nitrogen and oxygen atoms in total. The zero-order chi connectivity index (χ0) is 10.6. The Balaban J connectivity index is 2.47. The molecule has 1 rings (SSSR count). The van der Waals surface area contributed by atoms with Crippen molar-refractivity contribution in [3.05, 3.63) is 0 Å². The highest BCUT2D eigenvalue weighted by Gasteiger charge is 2.24. The Labute approximate surface area is 87.1 Å². The molecule has 82 valence electrons. The Morgan fingerprint density at radius 2 is 1.86 bits per heavy atom. The molecule has 1 aliphatic heterocycles. The third-order valence-electron chi connectivity index (χ3n) is 3.01. The zero-order valence-electron chi connectivity index (χ0n) is 9.62. The molecule has 1 atom stereocenters. The van der Waals surface area contributed by atoms with Crippen LogP contribution in [0.1, 0.15) is 26.7 Å². The minimum absolute atomic E-state index is 0.175. The molecular weight excluding hydrogens is 176 g/mol. The number of piperazine rings is 1. The molecule has 0 N–H and O–H groups in total. The van der Waals surface area contributed by atoms with Gasteiger partial charge in [0.05, 0.1) is 6.04 Å². The predicted molar refractivity (Wildman–Crippen MR) is 58.4 cm³/mol. The Morgan fingerprint density at radius 3 is 2.29 bits per heavy atom. The van der Waals surface area contributed by atoms with Crippen molar-refractivity contribution < 1.29 is 4.79 Å². The Hall–Kier alpha value is -0.410. The van der Waals surface area contributed by atoms with Gasteiger partial charge in [-0.15, -0.1) is 0 Å². The standard InChI is InChI=1S/C11H22N2O/c1-4-5-11(10(2)14)13-8-6-12(3)7-9-13/h11H,4-9H2,1-3H3. The highest BCUT2D eigenvalue weighted by atomic mass is 16.1.